The van der Waals surface area contributed by atoms with Crippen molar-refractivity contribution in [2.45, 2.75) is 6.42 Å². The van der Waals surface area contributed by atoms with E-state index in [1.165, 1.54) is 31.4 Å². The topological polar surface area (TPSA) is 96.7 Å². The number of aromatic carboxylic acids is 1. The highest BCUT2D eigenvalue weighted by Gasteiger charge is 2.22. The molecule has 0 saturated carbocycles. The van der Waals surface area contributed by atoms with E-state index >= 15 is 0 Å². The lowest BCUT2D eigenvalue weighted by Crippen LogP contribution is -2.05. The average molecular weight is 431 g/mol. The molecule has 0 radical (unpaired) electrons. The van der Waals surface area contributed by atoms with Gasteiger partial charge in [-0.05, 0) is 59.0 Å². The molecule has 0 spiro atoms. The van der Waals surface area contributed by atoms with Crippen molar-refractivity contribution >= 4 is 22.8 Å². The van der Waals surface area contributed by atoms with E-state index in [0.29, 0.717) is 22.9 Å². The largest absolute Gasteiger partial charge is 0.505 e. The molecule has 3 aromatic carbocycles. The van der Waals surface area contributed by atoms with E-state index in [1.807, 2.05) is 0 Å². The summed E-state index contributed by atoms with van der Waals surface area (Å²) >= 11 is 0. The second kappa shape index (κ2) is 8.47. The van der Waals surface area contributed by atoms with Crippen LogP contribution in [0.5, 0.6) is 5.75 Å². The van der Waals surface area contributed by atoms with Gasteiger partial charge in [-0.25, -0.2) is 14.0 Å². The van der Waals surface area contributed by atoms with E-state index in [0.717, 1.165) is 11.1 Å². The first kappa shape index (κ1) is 21.0. The Balaban J connectivity index is 1.97. The Labute approximate surface area is 182 Å². The molecule has 6 nitrogen and oxygen atoms in total. The number of ether oxygens (including phenoxy) is 1. The van der Waals surface area contributed by atoms with Crippen molar-refractivity contribution in [1.82, 2.24) is 4.98 Å². The molecule has 0 saturated heterocycles. The fraction of sp³-hybridized carbons (Fsp3) is 0.0800. The molecule has 0 fully saturated rings. The van der Waals surface area contributed by atoms with Crippen molar-refractivity contribution in [3.63, 3.8) is 0 Å². The number of methoxy groups -OCH3 is 1. The highest BCUT2D eigenvalue weighted by Crippen LogP contribution is 2.38. The summed E-state index contributed by atoms with van der Waals surface area (Å²) < 4.78 is 18.0. The van der Waals surface area contributed by atoms with Gasteiger partial charge in [-0.1, -0.05) is 30.3 Å². The Hall–Kier alpha value is -4.26. The van der Waals surface area contributed by atoms with Crippen LogP contribution in [0.25, 0.3) is 22.0 Å². The molecule has 0 aliphatic heterocycles. The Morgan fingerprint density at radius 1 is 0.969 bits per heavy atom. The summed E-state index contributed by atoms with van der Waals surface area (Å²) in [5.74, 6) is -2.58. The third kappa shape index (κ3) is 3.88. The van der Waals surface area contributed by atoms with Gasteiger partial charge < -0.3 is 14.9 Å². The van der Waals surface area contributed by atoms with Crippen molar-refractivity contribution in [2.24, 2.45) is 0 Å². The zero-order valence-electron chi connectivity index (χ0n) is 17.0. The number of carbonyl (C=O) groups excluding carboxylic acids is 1. The van der Waals surface area contributed by atoms with Crippen LogP contribution in [0.1, 0.15) is 31.8 Å². The van der Waals surface area contributed by atoms with Gasteiger partial charge in [0.2, 0.25) is 0 Å². The average Bonchev–Trinajstić information content (AvgIpc) is 2.80. The number of rotatable bonds is 5. The minimum absolute atomic E-state index is 0.0410. The van der Waals surface area contributed by atoms with Crippen LogP contribution in [-0.2, 0) is 11.2 Å². The maximum atomic E-state index is 13.2. The summed E-state index contributed by atoms with van der Waals surface area (Å²) in [6, 6.07) is 15.6. The van der Waals surface area contributed by atoms with Crippen molar-refractivity contribution in [2.75, 3.05) is 7.11 Å². The van der Waals surface area contributed by atoms with Crippen molar-refractivity contribution in [1.29, 1.82) is 0 Å². The quantitative estimate of drug-likeness (QED) is 0.440. The molecule has 0 unspecified atom stereocenters. The third-order valence-electron chi connectivity index (χ3n) is 5.18. The number of carboxylic acid groups (broad SMARTS) is 1. The molecule has 32 heavy (non-hydrogen) atoms. The second-order valence-electron chi connectivity index (χ2n) is 7.21. The van der Waals surface area contributed by atoms with Crippen LogP contribution in [0.3, 0.4) is 0 Å². The van der Waals surface area contributed by atoms with Crippen LogP contribution in [0.15, 0.2) is 66.9 Å². The molecule has 2 N–H and O–H groups in total. The van der Waals surface area contributed by atoms with Gasteiger partial charge in [-0.2, -0.15) is 0 Å². The summed E-state index contributed by atoms with van der Waals surface area (Å²) in [6.45, 7) is 0. The number of benzene rings is 3. The van der Waals surface area contributed by atoms with E-state index in [4.69, 9.17) is 4.74 Å². The molecule has 160 valence electrons. The molecule has 0 atom stereocenters. The molecule has 0 aliphatic carbocycles. The van der Waals surface area contributed by atoms with E-state index < -0.39 is 11.9 Å². The number of fused-ring (bicyclic) bond motifs is 1. The number of phenolic OH excluding ortho intramolecular Hbond substituents is 1. The summed E-state index contributed by atoms with van der Waals surface area (Å²) in [5.41, 5.74) is 2.48. The number of phenols is 1. The minimum Gasteiger partial charge on any atom is -0.505 e. The van der Waals surface area contributed by atoms with Crippen LogP contribution in [0.2, 0.25) is 0 Å². The van der Waals surface area contributed by atoms with E-state index in [9.17, 15) is 24.2 Å². The minimum atomic E-state index is -1.13. The zero-order chi connectivity index (χ0) is 22.8. The fourth-order valence-electron chi connectivity index (χ4n) is 3.65. The predicted molar refractivity (Wildman–Crippen MR) is 116 cm³/mol. The first-order valence-corrected chi connectivity index (χ1v) is 9.69. The Morgan fingerprint density at radius 2 is 1.69 bits per heavy atom. The van der Waals surface area contributed by atoms with Crippen molar-refractivity contribution < 1.29 is 28.9 Å². The van der Waals surface area contributed by atoms with E-state index in [2.05, 4.69) is 4.98 Å². The van der Waals surface area contributed by atoms with Gasteiger partial charge in [-0.15, -0.1) is 0 Å². The zero-order valence-corrected chi connectivity index (χ0v) is 17.0. The normalized spacial score (nSPS) is 10.8. The SMILES string of the molecule is COC(=O)c1cc(-c2ccccc2C(=O)O)c2cc(Cc3ccc(F)cc3)cnc2c1O. The lowest BCUT2D eigenvalue weighted by Gasteiger charge is -2.14. The first-order chi connectivity index (χ1) is 15.4. The molecule has 0 bridgehead atoms. The lowest BCUT2D eigenvalue weighted by atomic mass is 9.92. The van der Waals surface area contributed by atoms with E-state index in [1.54, 1.807) is 42.6 Å². The fourth-order valence-corrected chi connectivity index (χ4v) is 3.65. The molecule has 0 aliphatic rings. The van der Waals surface area contributed by atoms with Crippen molar-refractivity contribution in [3.8, 4) is 16.9 Å². The van der Waals surface area contributed by atoms with Gasteiger partial charge in [-0.3, -0.25) is 4.98 Å². The molecule has 4 rings (SSSR count). The van der Waals surface area contributed by atoms with Crippen LogP contribution in [0, 0.1) is 5.82 Å². The summed E-state index contributed by atoms with van der Waals surface area (Å²) in [7, 11) is 1.19. The highest BCUT2D eigenvalue weighted by molar-refractivity contribution is 6.09. The maximum absolute atomic E-state index is 13.2. The molecule has 1 aromatic heterocycles. The number of carbonyl (C=O) groups is 2. The highest BCUT2D eigenvalue weighted by atomic mass is 19.1. The Morgan fingerprint density at radius 3 is 2.38 bits per heavy atom. The number of nitrogens with zero attached hydrogens (tertiary/aromatic N) is 1. The number of carboxylic acids is 1. The van der Waals surface area contributed by atoms with Crippen LogP contribution in [0.4, 0.5) is 4.39 Å². The van der Waals surface area contributed by atoms with Gasteiger partial charge in [0.05, 0.1) is 12.7 Å². The molecule has 1 heterocycles. The number of aromatic nitrogens is 1. The number of hydrogen-bond acceptors (Lipinski definition) is 5. The number of halogens is 1. The standard InChI is InChI=1S/C25H18FNO5/c1-32-25(31)21-12-19(17-4-2-3-5-18(17)24(29)30)20-11-15(13-27-22(20)23(21)28)10-14-6-8-16(26)9-7-14/h2-9,11-13,28H,10H2,1H3,(H,29,30). The molecular formula is C25H18FNO5. The number of hydrogen-bond donors (Lipinski definition) is 2. The third-order valence-corrected chi connectivity index (χ3v) is 5.18. The van der Waals surface area contributed by atoms with Crippen LogP contribution < -0.4 is 0 Å². The molecular weight excluding hydrogens is 413 g/mol. The van der Waals surface area contributed by atoms with Gasteiger partial charge >= 0.3 is 11.9 Å². The van der Waals surface area contributed by atoms with Crippen molar-refractivity contribution in [3.05, 3.63) is 94.9 Å². The smallest absolute Gasteiger partial charge is 0.341 e. The molecule has 0 amide bonds. The monoisotopic (exact) mass is 431 g/mol. The Bertz CT molecular complexity index is 1350. The maximum Gasteiger partial charge on any atom is 0.341 e. The summed E-state index contributed by atoms with van der Waals surface area (Å²) in [6.07, 6.45) is 2.00. The number of aromatic hydroxyl groups is 1. The molecule has 7 heteroatoms. The summed E-state index contributed by atoms with van der Waals surface area (Å²) in [5, 5.41) is 20.8. The predicted octanol–water partition coefficient (Wildman–Crippen LogP) is 4.82. The van der Waals surface area contributed by atoms with Gasteiger partial charge in [0.25, 0.3) is 0 Å². The van der Waals surface area contributed by atoms with Gasteiger partial charge in [0.1, 0.15) is 16.9 Å². The lowest BCUT2D eigenvalue weighted by molar-refractivity contribution is 0.0597. The Kier molecular flexibility index (Phi) is 5.55. The molecule has 4 aromatic rings. The van der Waals surface area contributed by atoms with Gasteiger partial charge in [0.15, 0.2) is 5.75 Å². The van der Waals surface area contributed by atoms with Crippen LogP contribution in [-0.4, -0.2) is 34.2 Å². The van der Waals surface area contributed by atoms with E-state index in [-0.39, 0.29) is 28.2 Å². The second-order valence-corrected chi connectivity index (χ2v) is 7.21. The first-order valence-electron chi connectivity index (χ1n) is 9.69. The number of esters is 1. The number of pyridine rings is 1. The van der Waals surface area contributed by atoms with Crippen LogP contribution >= 0.6 is 0 Å². The summed E-state index contributed by atoms with van der Waals surface area (Å²) in [4.78, 5) is 28.4. The van der Waals surface area contributed by atoms with Gasteiger partial charge in [0, 0.05) is 11.6 Å².